The van der Waals surface area contributed by atoms with Crippen LogP contribution in [0.3, 0.4) is 0 Å². The third kappa shape index (κ3) is 5.87. The van der Waals surface area contributed by atoms with Crippen molar-refractivity contribution in [2.24, 2.45) is 22.7 Å². The van der Waals surface area contributed by atoms with Gasteiger partial charge in [0, 0.05) is 57.2 Å². The minimum Gasteiger partial charge on any atom is -0.465 e. The Kier molecular flexibility index (Phi) is 8.83. The average molecular weight is 579 g/mol. The molecule has 2 saturated carbocycles. The summed E-state index contributed by atoms with van der Waals surface area (Å²) in [5, 5.41) is 0. The van der Waals surface area contributed by atoms with Crippen molar-refractivity contribution in [3.05, 3.63) is 54.1 Å². The highest BCUT2D eigenvalue weighted by Gasteiger charge is 2.60. The number of esters is 3. The van der Waals surface area contributed by atoms with Crippen LogP contribution in [0.1, 0.15) is 59.8 Å². The van der Waals surface area contributed by atoms with Gasteiger partial charge in [-0.25, -0.2) is 4.79 Å². The van der Waals surface area contributed by atoms with Crippen LogP contribution < -0.4 is 4.90 Å². The van der Waals surface area contributed by atoms with Crippen molar-refractivity contribution < 1.29 is 28.6 Å². The number of benzene rings is 1. The van der Waals surface area contributed by atoms with E-state index in [0.717, 1.165) is 57.4 Å². The number of para-hydroxylation sites is 1. The molecule has 2 aliphatic heterocycles. The lowest BCUT2D eigenvalue weighted by Gasteiger charge is -2.61. The molecule has 1 aromatic carbocycles. The summed E-state index contributed by atoms with van der Waals surface area (Å²) in [5.74, 6) is -0.554. The van der Waals surface area contributed by atoms with E-state index < -0.39 is 5.41 Å². The number of cyclic esters (lactones) is 1. The molecule has 5 rings (SSSR count). The summed E-state index contributed by atoms with van der Waals surface area (Å²) >= 11 is 0. The first-order chi connectivity index (χ1) is 20.0. The zero-order valence-electron chi connectivity index (χ0n) is 25.6. The molecule has 2 aliphatic carbocycles. The fraction of sp³-hybridized carbons (Fsp3) is 0.618. The van der Waals surface area contributed by atoms with Gasteiger partial charge in [0.1, 0.15) is 19.3 Å². The van der Waals surface area contributed by atoms with Crippen molar-refractivity contribution in [2.75, 3.05) is 44.3 Å². The predicted molar refractivity (Wildman–Crippen MR) is 161 cm³/mol. The van der Waals surface area contributed by atoms with Gasteiger partial charge in [-0.2, -0.15) is 0 Å². The molecular weight excluding hydrogens is 532 g/mol. The number of carbonyl (C=O) groups excluding carboxylic acids is 3. The molecule has 2 heterocycles. The number of rotatable bonds is 8. The molecule has 42 heavy (non-hydrogen) atoms. The molecule has 0 spiro atoms. The van der Waals surface area contributed by atoms with Gasteiger partial charge in [-0.3, -0.25) is 14.5 Å². The maximum absolute atomic E-state index is 13.0. The highest BCUT2D eigenvalue weighted by Crippen LogP contribution is 2.63. The second kappa shape index (κ2) is 12.2. The second-order valence-corrected chi connectivity index (χ2v) is 13.1. The molecule has 3 fully saturated rings. The normalized spacial score (nSPS) is 32.4. The van der Waals surface area contributed by atoms with Crippen molar-refractivity contribution in [3.8, 4) is 0 Å². The largest absolute Gasteiger partial charge is 0.465 e. The molecule has 1 saturated heterocycles. The quantitative estimate of drug-likeness (QED) is 0.244. The van der Waals surface area contributed by atoms with Crippen LogP contribution in [-0.4, -0.2) is 74.3 Å². The zero-order chi connectivity index (χ0) is 30.1. The van der Waals surface area contributed by atoms with Crippen molar-refractivity contribution in [2.45, 2.75) is 71.9 Å². The summed E-state index contributed by atoms with van der Waals surface area (Å²) in [4.78, 5) is 41.9. The highest BCUT2D eigenvalue weighted by molar-refractivity contribution is 5.91. The Morgan fingerprint density at radius 1 is 1.07 bits per heavy atom. The molecule has 0 unspecified atom stereocenters. The summed E-state index contributed by atoms with van der Waals surface area (Å²) in [6.45, 7) is 15.9. The van der Waals surface area contributed by atoms with E-state index >= 15 is 0 Å². The summed E-state index contributed by atoms with van der Waals surface area (Å²) in [7, 11) is 0. The van der Waals surface area contributed by atoms with Crippen molar-refractivity contribution in [1.29, 1.82) is 0 Å². The number of fused-ring (bicyclic) bond motifs is 1. The van der Waals surface area contributed by atoms with Crippen LogP contribution in [0.2, 0.25) is 0 Å². The van der Waals surface area contributed by atoms with E-state index in [-0.39, 0.29) is 53.9 Å². The van der Waals surface area contributed by atoms with Crippen molar-refractivity contribution in [3.63, 3.8) is 0 Å². The van der Waals surface area contributed by atoms with Gasteiger partial charge in [-0.1, -0.05) is 44.2 Å². The Morgan fingerprint density at radius 3 is 2.40 bits per heavy atom. The van der Waals surface area contributed by atoms with E-state index in [4.69, 9.17) is 14.2 Å². The standard InChI is InChI=1S/C34H46N2O6/c1-23-11-12-30-33(4,15-13-31(42-25(3)38)34(30,5)22-41-24(2)37)28(23)21-29(27-14-20-40-32(27)39)36-18-16-35(17-19-36)26-9-7-6-8-10-26/h6-10,14,28-31H,1,11-13,15-22H2,2-5H3/t28-,29+,30+,31-,33+,34+/m1/s1. The van der Waals surface area contributed by atoms with Gasteiger partial charge >= 0.3 is 17.9 Å². The Labute approximate surface area is 250 Å². The van der Waals surface area contributed by atoms with Gasteiger partial charge in [-0.15, -0.1) is 0 Å². The number of piperazine rings is 1. The summed E-state index contributed by atoms with van der Waals surface area (Å²) < 4.78 is 16.9. The van der Waals surface area contributed by atoms with E-state index in [1.54, 1.807) is 0 Å². The van der Waals surface area contributed by atoms with E-state index in [1.165, 1.54) is 25.1 Å². The lowest BCUT2D eigenvalue weighted by atomic mass is 9.45. The number of allylic oxidation sites excluding steroid dienone is 1. The number of hydrogen-bond acceptors (Lipinski definition) is 8. The maximum atomic E-state index is 13.0. The third-order valence-electron chi connectivity index (χ3n) is 10.7. The predicted octanol–water partition coefficient (Wildman–Crippen LogP) is 4.93. The Hall–Kier alpha value is -3.13. The highest BCUT2D eigenvalue weighted by atomic mass is 16.6. The smallest absolute Gasteiger partial charge is 0.335 e. The van der Waals surface area contributed by atoms with E-state index in [2.05, 4.69) is 54.5 Å². The van der Waals surface area contributed by atoms with Crippen LogP contribution in [0.15, 0.2) is 54.1 Å². The molecule has 0 radical (unpaired) electrons. The first-order valence-corrected chi connectivity index (χ1v) is 15.4. The van der Waals surface area contributed by atoms with E-state index in [9.17, 15) is 14.4 Å². The molecule has 8 nitrogen and oxygen atoms in total. The third-order valence-corrected chi connectivity index (χ3v) is 10.7. The summed E-state index contributed by atoms with van der Waals surface area (Å²) in [5.41, 5.74) is 2.52. The number of anilines is 1. The SMILES string of the molecule is C=C1CC[C@@H]2[C@](C)(COC(C)=O)[C@H](OC(C)=O)CC[C@@]2(C)[C@@H]1C[C@@H](C1=CCOC1=O)N1CCN(c2ccccc2)CC1. The van der Waals surface area contributed by atoms with Crippen LogP contribution in [0, 0.1) is 22.7 Å². The van der Waals surface area contributed by atoms with Gasteiger partial charge in [0.05, 0.1) is 5.57 Å². The molecular formula is C34H46N2O6. The van der Waals surface area contributed by atoms with Gasteiger partial charge in [0.15, 0.2) is 0 Å². The number of nitrogens with zero attached hydrogens (tertiary/aromatic N) is 2. The van der Waals surface area contributed by atoms with Gasteiger partial charge in [-0.05, 0) is 67.6 Å². The van der Waals surface area contributed by atoms with Crippen LogP contribution >= 0.6 is 0 Å². The van der Waals surface area contributed by atoms with E-state index in [0.29, 0.717) is 13.0 Å². The van der Waals surface area contributed by atoms with Crippen LogP contribution in [0.5, 0.6) is 0 Å². The second-order valence-electron chi connectivity index (χ2n) is 13.1. The van der Waals surface area contributed by atoms with Crippen LogP contribution in [0.4, 0.5) is 5.69 Å². The minimum atomic E-state index is -0.522. The zero-order valence-corrected chi connectivity index (χ0v) is 25.6. The molecule has 1 aromatic rings. The maximum Gasteiger partial charge on any atom is 0.335 e. The monoisotopic (exact) mass is 578 g/mol. The van der Waals surface area contributed by atoms with Crippen molar-refractivity contribution in [1.82, 2.24) is 4.90 Å². The minimum absolute atomic E-state index is 0.0684. The van der Waals surface area contributed by atoms with Gasteiger partial charge in [0.25, 0.3) is 0 Å². The summed E-state index contributed by atoms with van der Waals surface area (Å²) in [6, 6.07) is 10.4. The van der Waals surface area contributed by atoms with Gasteiger partial charge in [0.2, 0.25) is 0 Å². The molecule has 0 aromatic heterocycles. The number of carbonyl (C=O) groups is 3. The fourth-order valence-electron chi connectivity index (χ4n) is 8.52. The molecule has 4 aliphatic rings. The van der Waals surface area contributed by atoms with Crippen LogP contribution in [0.25, 0.3) is 0 Å². The first-order valence-electron chi connectivity index (χ1n) is 15.4. The Balaban J connectivity index is 1.42. The molecule has 8 heteroatoms. The van der Waals surface area contributed by atoms with Crippen LogP contribution in [-0.2, 0) is 28.6 Å². The lowest BCUT2D eigenvalue weighted by molar-refractivity contribution is -0.192. The Bertz CT molecular complexity index is 1220. The number of hydrogen-bond donors (Lipinski definition) is 0. The number of ether oxygens (including phenoxy) is 3. The Morgan fingerprint density at radius 2 is 1.79 bits per heavy atom. The molecule has 228 valence electrons. The molecule has 6 atom stereocenters. The topological polar surface area (TPSA) is 85.4 Å². The molecule has 0 bridgehead atoms. The molecule has 0 N–H and O–H groups in total. The van der Waals surface area contributed by atoms with E-state index in [1.807, 2.05) is 12.1 Å². The summed E-state index contributed by atoms with van der Waals surface area (Å²) in [6.07, 6.45) is 5.72. The van der Waals surface area contributed by atoms with Gasteiger partial charge < -0.3 is 19.1 Å². The van der Waals surface area contributed by atoms with Crippen molar-refractivity contribution >= 4 is 23.6 Å². The first kappa shape index (κ1) is 30.3. The fourth-order valence-corrected chi connectivity index (χ4v) is 8.52. The average Bonchev–Trinajstić information content (AvgIpc) is 3.39. The molecule has 0 amide bonds. The lowest BCUT2D eigenvalue weighted by Crippen LogP contribution is -2.59.